The van der Waals surface area contributed by atoms with Gasteiger partial charge in [-0.05, 0) is 188 Å². The number of ether oxygens (including phenoxy) is 7. The lowest BCUT2D eigenvalue weighted by atomic mass is 9.51. The predicted molar refractivity (Wildman–Crippen MR) is 438 cm³/mol. The number of ketones is 3. The molecule has 32 nitrogen and oxygen atoms in total. The molecule has 14 atom stereocenters. The van der Waals surface area contributed by atoms with Gasteiger partial charge in [-0.3, -0.25) is 43.7 Å². The zero-order chi connectivity index (χ0) is 86.8. The number of phenols is 3. The van der Waals surface area contributed by atoms with E-state index in [1.54, 1.807) is 26.1 Å². The van der Waals surface area contributed by atoms with E-state index in [0.29, 0.717) is 37.0 Å². The molecule has 15 N–H and O–H groups in total. The molecule has 11 aliphatic rings. The van der Waals surface area contributed by atoms with E-state index >= 15 is 28.8 Å². The van der Waals surface area contributed by atoms with Gasteiger partial charge in [0.2, 0.25) is 41.6 Å². The summed E-state index contributed by atoms with van der Waals surface area (Å²) in [6.45, 7) is 8.07. The molecule has 7 heterocycles. The van der Waals surface area contributed by atoms with Crippen molar-refractivity contribution in [3.8, 4) is 68.6 Å². The van der Waals surface area contributed by atoms with Gasteiger partial charge in [-0.25, -0.2) is 9.59 Å². The van der Waals surface area contributed by atoms with E-state index in [2.05, 4.69) is 42.5 Å². The molecule has 8 amide bonds. The van der Waals surface area contributed by atoms with Crippen LogP contribution < -0.4 is 66.2 Å². The molecular weight excluding hydrogens is 1620 g/mol. The number of nitrogens with one attached hydrogen (secondary N) is 8. The number of carbonyl (C=O) groups is 10. The number of benzene rings is 6. The number of aliphatic hydroxyl groups excluding tert-OH is 4. The number of anilines is 1. The molecule has 6 fully saturated rings. The van der Waals surface area contributed by atoms with Crippen molar-refractivity contribution in [2.45, 2.75) is 184 Å². The van der Waals surface area contributed by atoms with Crippen molar-refractivity contribution < 1.29 is 117 Å². The maximum atomic E-state index is 16.7. The number of urea groups is 1. The highest BCUT2D eigenvalue weighted by Gasteiger charge is 2.53. The first kappa shape index (κ1) is 87.5. The van der Waals surface area contributed by atoms with Gasteiger partial charge in [-0.2, -0.15) is 0 Å². The Labute approximate surface area is 712 Å². The minimum Gasteiger partial charge on any atom is -0.508 e. The zero-order valence-corrected chi connectivity index (χ0v) is 69.1. The van der Waals surface area contributed by atoms with E-state index in [1.165, 1.54) is 54.6 Å². The Hall–Kier alpha value is -10.8. The van der Waals surface area contributed by atoms with Crippen LogP contribution in [0.15, 0.2) is 97.1 Å². The van der Waals surface area contributed by atoms with Crippen LogP contribution in [0, 0.1) is 47.3 Å². The van der Waals surface area contributed by atoms with Gasteiger partial charge in [-0.15, -0.1) is 0 Å². The Morgan fingerprint density at radius 3 is 2.00 bits per heavy atom. The van der Waals surface area contributed by atoms with E-state index in [0.717, 1.165) is 68.9 Å². The summed E-state index contributed by atoms with van der Waals surface area (Å²) in [4.78, 5) is 152. The van der Waals surface area contributed by atoms with E-state index in [4.69, 9.17) is 56.4 Å². The van der Waals surface area contributed by atoms with Crippen LogP contribution in [-0.2, 0) is 47.8 Å². The Balaban J connectivity index is 0.937. The fourth-order valence-electron chi connectivity index (χ4n) is 18.5. The fraction of sp³-hybridized carbons (Fsp3) is 0.477. The van der Waals surface area contributed by atoms with E-state index in [1.807, 2.05) is 20.8 Å². The number of aliphatic hydroxyl groups is 4. The number of alkyl carbamates (subject to hydrolysis) is 1. The largest absolute Gasteiger partial charge is 0.508 e. The highest BCUT2D eigenvalue weighted by Crippen LogP contribution is 2.58. The van der Waals surface area contributed by atoms with Gasteiger partial charge in [0.15, 0.2) is 35.0 Å². The van der Waals surface area contributed by atoms with Crippen LogP contribution in [0.25, 0.3) is 11.1 Å². The van der Waals surface area contributed by atoms with E-state index in [9.17, 15) is 54.9 Å². The van der Waals surface area contributed by atoms with Crippen LogP contribution >= 0.6 is 23.2 Å². The van der Waals surface area contributed by atoms with Crippen molar-refractivity contribution >= 4 is 87.9 Å². The Bertz CT molecular complexity index is 5020. The van der Waals surface area contributed by atoms with Crippen LogP contribution in [0.3, 0.4) is 0 Å². The highest BCUT2D eigenvalue weighted by atomic mass is 35.5. The number of carbonyl (C=O) groups excluding carboxylic acids is 10. The summed E-state index contributed by atoms with van der Waals surface area (Å²) in [7, 11) is 1.73. The number of rotatable bonds is 21. The third-order valence-electron chi connectivity index (χ3n) is 24.5. The van der Waals surface area contributed by atoms with E-state index in [-0.39, 0.29) is 128 Å². The molecular formula is C88H100Cl2N8O24. The molecule has 4 saturated carbocycles. The Morgan fingerprint density at radius 1 is 0.664 bits per heavy atom. The molecule has 0 radical (unpaired) electrons. The number of hydrogen-bond acceptors (Lipinski definition) is 25. The van der Waals surface area contributed by atoms with Crippen molar-refractivity contribution in [2.75, 3.05) is 38.7 Å². The maximum Gasteiger partial charge on any atom is 0.407 e. The van der Waals surface area contributed by atoms with Gasteiger partial charge in [0.1, 0.15) is 102 Å². The molecule has 650 valence electrons. The molecule has 7 aliphatic heterocycles. The van der Waals surface area contributed by atoms with Crippen molar-refractivity contribution in [2.24, 2.45) is 47.3 Å². The van der Waals surface area contributed by atoms with Crippen molar-refractivity contribution in [1.29, 1.82) is 0 Å². The van der Waals surface area contributed by atoms with Gasteiger partial charge in [-0.1, -0.05) is 75.5 Å². The number of aromatic hydroxyl groups is 3. The summed E-state index contributed by atoms with van der Waals surface area (Å²) in [5.41, 5.74) is -1.53. The summed E-state index contributed by atoms with van der Waals surface area (Å²) >= 11 is 14.4. The standard InChI is InChI=1S/C88H100Cl2N8O24/c1-6-8-18-117-66-16-12-51(116-19-17-91-5)35-58(66)93-87(114)94-70(105)32-49-29-61(102)74(97-82(110)42(7-2)20-39(3)4)76(106)44-10-14-64(56(89)27-44)118-67-30-48-31-68(80(67)121-86-79(109)78(108)81-69(120-86)38-92-88(115)122-81)119-65-15-11-45(28-57(65)90)77(107)75-85(113)96-73(63(104)36-52-46-22-40-21-41(24-46)25-47(52)23-40)55-33-50(99)34-60(101)71(55)54-26-43(9-13-59(54)100)53(84(112)98-75)37-62(103)72(48)95-83(49)111/h9-16,26-28,30-31,33-35,39-42,46-47,49,52-53,69,72-79,81,86,91,99-101,106-109H,6-8,17-25,29,32,36-38H2,1-5H3,(H,92,115)(H,95,111)(H,96,113)(H,97,110)(H,98,112)(H2,93,94,105,114)/t40?,41?,42-,46?,47?,49+,52?,53-,69-,72-,73+,74+,75+,76-,77-,78-,79-,81-,86+/m1/s1. The number of hydrogen-bond donors (Lipinski definition) is 15. The number of Topliss-reactive ketones (excluding diaryl/α,β-unsaturated/α-hetero) is 3. The number of fused-ring (bicyclic) bond motifs is 16. The summed E-state index contributed by atoms with van der Waals surface area (Å²) in [6, 6.07) is 10.7. The number of imide groups is 1. The number of unbranched alkanes of at least 4 members (excludes halogenated alkanes) is 1. The average Bonchev–Trinajstić information content (AvgIpc) is 0.756. The second-order valence-electron chi connectivity index (χ2n) is 33.4. The van der Waals surface area contributed by atoms with Crippen LogP contribution in [0.5, 0.6) is 57.5 Å². The third kappa shape index (κ3) is 19.2. The zero-order valence-electron chi connectivity index (χ0n) is 67.6. The second kappa shape index (κ2) is 37.5. The molecule has 34 heteroatoms. The molecule has 0 spiro atoms. The third-order valence-corrected chi connectivity index (χ3v) is 25.1. The normalized spacial score (nSPS) is 27.5. The molecule has 4 aliphatic carbocycles. The number of likely N-dealkylation sites (N-methyl/N-ethyl adjacent to an activating group) is 1. The predicted octanol–water partition coefficient (Wildman–Crippen LogP) is 9.63. The number of phenolic OH excluding ortho intramolecular Hbond substituents is 3. The van der Waals surface area contributed by atoms with Crippen LogP contribution in [0.4, 0.5) is 15.3 Å². The van der Waals surface area contributed by atoms with Crippen molar-refractivity contribution in [3.05, 3.63) is 135 Å². The number of amides is 8. The lowest BCUT2D eigenvalue weighted by Crippen LogP contribution is -2.65. The average molecular weight is 1720 g/mol. The first-order chi connectivity index (χ1) is 58.4. The second-order valence-corrected chi connectivity index (χ2v) is 34.2. The van der Waals surface area contributed by atoms with Crippen molar-refractivity contribution in [3.63, 3.8) is 0 Å². The quantitative estimate of drug-likeness (QED) is 0.0298. The number of halogens is 2. The molecule has 6 aromatic carbocycles. The van der Waals surface area contributed by atoms with Gasteiger partial charge < -0.3 is 106 Å². The van der Waals surface area contributed by atoms with Crippen molar-refractivity contribution in [1.82, 2.24) is 37.2 Å². The molecule has 122 heavy (non-hydrogen) atoms. The first-order valence-electron chi connectivity index (χ1n) is 41.4. The topological polar surface area (TPSA) is 473 Å². The SMILES string of the molecule is CCCCOc1ccc(OCCNC)cc1NC(=O)NC(=O)C[C@@H]1CC(=O)[C@H](NC(=O)[C@H](CC)CC(C)C)[C@H](O)c2ccc(c(Cl)c2)Oc2cc3cc(c2O[C@@H]2O[C@@H]4CNC(=O)O[C@H]4[C@H](O)[C@H]2O)Oc2ccc(cc2Cl)[C@@H](O)[C@@H]2NC(=O)[C@H](CC(=O)[C@@H]3NC1=O)c1ccc(O)c(c1)-c1c(O)cc(O)cc1[C@@H](C(=O)CC1C3CC4CC(C3)CC1C4)NC2=O. The summed E-state index contributed by atoms with van der Waals surface area (Å²) in [6.07, 6.45) is -10.3. The van der Waals surface area contributed by atoms with Gasteiger partial charge >= 0.3 is 12.1 Å². The van der Waals surface area contributed by atoms with Crippen LogP contribution in [-0.4, -0.2) is 171 Å². The summed E-state index contributed by atoms with van der Waals surface area (Å²) in [5, 5.41) is 105. The molecule has 0 unspecified atom stereocenters. The minimum absolute atomic E-state index is 0.0488. The molecule has 17 rings (SSSR count). The maximum absolute atomic E-state index is 16.7. The van der Waals surface area contributed by atoms with E-state index < -0.39 is 198 Å². The highest BCUT2D eigenvalue weighted by molar-refractivity contribution is 6.32. The molecule has 0 aromatic heterocycles. The lowest BCUT2D eigenvalue weighted by Gasteiger charge is -2.54. The monoisotopic (exact) mass is 1720 g/mol. The summed E-state index contributed by atoms with van der Waals surface area (Å²) in [5.74, 6) is -15.5. The molecule has 15 bridgehead atoms. The van der Waals surface area contributed by atoms with Crippen LogP contribution in [0.1, 0.15) is 169 Å². The Morgan fingerprint density at radius 2 is 1.34 bits per heavy atom. The van der Waals surface area contributed by atoms with Gasteiger partial charge in [0, 0.05) is 61.4 Å². The summed E-state index contributed by atoms with van der Waals surface area (Å²) < 4.78 is 43.5. The minimum atomic E-state index is -2.23. The Kier molecular flexibility index (Phi) is 26.9. The molecule has 2 saturated heterocycles. The first-order valence-corrected chi connectivity index (χ1v) is 42.1. The lowest BCUT2D eigenvalue weighted by molar-refractivity contribution is -0.275. The van der Waals surface area contributed by atoms with Gasteiger partial charge in [0.05, 0.1) is 40.7 Å². The molecule has 6 aromatic rings. The van der Waals surface area contributed by atoms with Crippen LogP contribution in [0.2, 0.25) is 10.0 Å². The fourth-order valence-corrected chi connectivity index (χ4v) is 18.9. The van der Waals surface area contributed by atoms with Gasteiger partial charge in [0.25, 0.3) is 0 Å². The smallest absolute Gasteiger partial charge is 0.407 e.